The van der Waals surface area contributed by atoms with E-state index in [0.29, 0.717) is 0 Å². The van der Waals surface area contributed by atoms with Gasteiger partial charge in [0.05, 0.1) is 19.1 Å². The monoisotopic (exact) mass is 244 g/mol. The van der Waals surface area contributed by atoms with Crippen LogP contribution in [0, 0.1) is 15.9 Å². The Bertz CT molecular complexity index is 489. The summed E-state index contributed by atoms with van der Waals surface area (Å²) in [5.74, 6) is -3.03. The Balaban J connectivity index is 3.67. The number of primary amides is 1. The number of methoxy groups -OCH3 is 2. The Morgan fingerprint density at radius 3 is 2.41 bits per heavy atom. The van der Waals surface area contributed by atoms with Gasteiger partial charge in [0.1, 0.15) is 5.56 Å². The molecule has 0 saturated carbocycles. The van der Waals surface area contributed by atoms with Gasteiger partial charge in [-0.25, -0.2) is 0 Å². The summed E-state index contributed by atoms with van der Waals surface area (Å²) in [6.45, 7) is 0. The highest BCUT2D eigenvalue weighted by atomic mass is 19.1. The maximum atomic E-state index is 13.7. The van der Waals surface area contributed by atoms with E-state index in [1.807, 2.05) is 0 Å². The molecule has 0 aliphatic carbocycles. The minimum Gasteiger partial charge on any atom is -0.493 e. The summed E-state index contributed by atoms with van der Waals surface area (Å²) >= 11 is 0. The van der Waals surface area contributed by atoms with Gasteiger partial charge < -0.3 is 15.2 Å². The van der Waals surface area contributed by atoms with Gasteiger partial charge in [-0.05, 0) is 0 Å². The molecule has 1 aromatic carbocycles. The van der Waals surface area contributed by atoms with Crippen LogP contribution in [-0.4, -0.2) is 25.1 Å². The zero-order valence-electron chi connectivity index (χ0n) is 9.02. The molecular formula is C9H9FN2O5. The summed E-state index contributed by atoms with van der Waals surface area (Å²) < 4.78 is 23.1. The normalized spacial score (nSPS) is 9.82. The lowest BCUT2D eigenvalue weighted by Crippen LogP contribution is -2.15. The number of nitro benzene ring substituents is 1. The van der Waals surface area contributed by atoms with E-state index in [-0.39, 0.29) is 5.75 Å². The Labute approximate surface area is 95.1 Å². The van der Waals surface area contributed by atoms with Gasteiger partial charge >= 0.3 is 5.69 Å². The molecule has 0 radical (unpaired) electrons. The summed E-state index contributed by atoms with van der Waals surface area (Å²) in [5, 5.41) is 10.7. The number of carbonyl (C=O) groups is 1. The van der Waals surface area contributed by atoms with Crippen LogP contribution in [0.25, 0.3) is 0 Å². The predicted molar refractivity (Wildman–Crippen MR) is 54.7 cm³/mol. The zero-order valence-corrected chi connectivity index (χ0v) is 9.02. The third kappa shape index (κ3) is 2.10. The molecule has 0 spiro atoms. The Morgan fingerprint density at radius 2 is 2.06 bits per heavy atom. The molecule has 0 aromatic heterocycles. The summed E-state index contributed by atoms with van der Waals surface area (Å²) in [6.07, 6.45) is 0. The number of benzene rings is 1. The van der Waals surface area contributed by atoms with Gasteiger partial charge in [-0.15, -0.1) is 0 Å². The number of nitrogens with zero attached hydrogens (tertiary/aromatic N) is 1. The molecule has 0 saturated heterocycles. The maximum absolute atomic E-state index is 13.7. The van der Waals surface area contributed by atoms with E-state index in [1.165, 1.54) is 7.11 Å². The fourth-order valence-electron chi connectivity index (χ4n) is 1.31. The number of rotatable bonds is 4. The molecule has 0 atom stereocenters. The smallest absolute Gasteiger partial charge is 0.321 e. The van der Waals surface area contributed by atoms with E-state index in [9.17, 15) is 19.3 Å². The van der Waals surface area contributed by atoms with Gasteiger partial charge in [-0.2, -0.15) is 4.39 Å². The average Bonchev–Trinajstić information content (AvgIpc) is 2.26. The van der Waals surface area contributed by atoms with Crippen molar-refractivity contribution >= 4 is 11.6 Å². The van der Waals surface area contributed by atoms with Crippen molar-refractivity contribution in [3.8, 4) is 11.5 Å². The van der Waals surface area contributed by atoms with Gasteiger partial charge in [-0.1, -0.05) is 0 Å². The first-order valence-corrected chi connectivity index (χ1v) is 4.32. The second-order valence-corrected chi connectivity index (χ2v) is 2.94. The number of amides is 1. The highest BCUT2D eigenvalue weighted by molar-refractivity contribution is 5.98. The molecule has 0 bridgehead atoms. The van der Waals surface area contributed by atoms with Crippen molar-refractivity contribution in [2.75, 3.05) is 14.2 Å². The standard InChI is InChI=1S/C9H9FN2O5/c1-16-5-3-4(9(11)13)7(12(14)15)6(10)8(5)17-2/h3H,1-2H3,(H2,11,13). The van der Waals surface area contributed by atoms with Gasteiger partial charge in [0.15, 0.2) is 5.75 Å². The van der Waals surface area contributed by atoms with Crippen molar-refractivity contribution in [3.05, 3.63) is 27.6 Å². The fourth-order valence-corrected chi connectivity index (χ4v) is 1.31. The Morgan fingerprint density at radius 1 is 1.47 bits per heavy atom. The van der Waals surface area contributed by atoms with E-state index >= 15 is 0 Å². The molecule has 0 aliphatic rings. The molecule has 7 nitrogen and oxygen atoms in total. The number of nitro groups is 1. The number of hydrogen-bond donors (Lipinski definition) is 1. The van der Waals surface area contributed by atoms with Crippen LogP contribution < -0.4 is 15.2 Å². The molecule has 1 aromatic rings. The predicted octanol–water partition coefficient (Wildman–Crippen LogP) is 0.850. The van der Waals surface area contributed by atoms with E-state index in [1.54, 1.807) is 0 Å². The molecule has 8 heteroatoms. The van der Waals surface area contributed by atoms with Gasteiger partial charge in [0.25, 0.3) is 5.91 Å². The lowest BCUT2D eigenvalue weighted by molar-refractivity contribution is -0.387. The largest absolute Gasteiger partial charge is 0.493 e. The minimum atomic E-state index is -1.30. The molecule has 0 aliphatic heterocycles. The van der Waals surface area contributed by atoms with E-state index in [0.717, 1.165) is 13.2 Å². The topological polar surface area (TPSA) is 105 Å². The lowest BCUT2D eigenvalue weighted by Gasteiger charge is -2.10. The average molecular weight is 244 g/mol. The number of halogens is 1. The number of ether oxygens (including phenoxy) is 2. The van der Waals surface area contributed by atoms with Crippen LogP contribution >= 0.6 is 0 Å². The highest BCUT2D eigenvalue weighted by Gasteiger charge is 2.30. The molecular weight excluding hydrogens is 235 g/mol. The third-order valence-corrected chi connectivity index (χ3v) is 2.03. The van der Waals surface area contributed by atoms with Crippen molar-refractivity contribution < 1.29 is 23.6 Å². The molecule has 0 unspecified atom stereocenters. The maximum Gasteiger partial charge on any atom is 0.321 e. The van der Waals surface area contributed by atoms with Crippen molar-refractivity contribution in [2.24, 2.45) is 5.73 Å². The van der Waals surface area contributed by atoms with Crippen molar-refractivity contribution in [1.82, 2.24) is 0 Å². The number of nitrogens with two attached hydrogens (primary N) is 1. The SMILES string of the molecule is COc1cc(C(N)=O)c([N+](=O)[O-])c(F)c1OC. The van der Waals surface area contributed by atoms with Gasteiger partial charge in [0, 0.05) is 6.07 Å². The molecule has 1 amide bonds. The number of carbonyl (C=O) groups excluding carboxylic acids is 1. The summed E-state index contributed by atoms with van der Waals surface area (Å²) in [7, 11) is 2.32. The van der Waals surface area contributed by atoms with E-state index < -0.39 is 33.6 Å². The van der Waals surface area contributed by atoms with Crippen LogP contribution in [-0.2, 0) is 0 Å². The quantitative estimate of drug-likeness (QED) is 0.624. The first-order valence-electron chi connectivity index (χ1n) is 4.32. The molecule has 0 fully saturated rings. The Kier molecular flexibility index (Phi) is 3.46. The van der Waals surface area contributed by atoms with Crippen LogP contribution in [0.4, 0.5) is 10.1 Å². The van der Waals surface area contributed by atoms with Gasteiger partial charge in [0.2, 0.25) is 11.6 Å². The molecule has 0 heterocycles. The van der Waals surface area contributed by atoms with Crippen LogP contribution in [0.2, 0.25) is 0 Å². The first-order chi connectivity index (χ1) is 7.93. The van der Waals surface area contributed by atoms with Crippen molar-refractivity contribution in [3.63, 3.8) is 0 Å². The summed E-state index contributed by atoms with van der Waals surface area (Å²) in [4.78, 5) is 20.6. The zero-order chi connectivity index (χ0) is 13.2. The summed E-state index contributed by atoms with van der Waals surface area (Å²) in [5.41, 5.74) is 3.32. The highest BCUT2D eigenvalue weighted by Crippen LogP contribution is 2.38. The van der Waals surface area contributed by atoms with Gasteiger partial charge in [-0.3, -0.25) is 14.9 Å². The van der Waals surface area contributed by atoms with E-state index in [2.05, 4.69) is 4.74 Å². The minimum absolute atomic E-state index is 0.149. The fraction of sp³-hybridized carbons (Fsp3) is 0.222. The molecule has 92 valence electrons. The molecule has 2 N–H and O–H groups in total. The van der Waals surface area contributed by atoms with Crippen LogP contribution in [0.5, 0.6) is 11.5 Å². The summed E-state index contributed by atoms with van der Waals surface area (Å²) in [6, 6.07) is 0.961. The van der Waals surface area contributed by atoms with Crippen molar-refractivity contribution in [2.45, 2.75) is 0 Å². The van der Waals surface area contributed by atoms with Crippen molar-refractivity contribution in [1.29, 1.82) is 0 Å². The van der Waals surface area contributed by atoms with E-state index in [4.69, 9.17) is 10.5 Å². The van der Waals surface area contributed by atoms with Crippen LogP contribution in [0.3, 0.4) is 0 Å². The third-order valence-electron chi connectivity index (χ3n) is 2.03. The second kappa shape index (κ2) is 4.64. The second-order valence-electron chi connectivity index (χ2n) is 2.94. The molecule has 1 rings (SSSR count). The van der Waals surface area contributed by atoms with Crippen LogP contribution in [0.15, 0.2) is 6.07 Å². The van der Waals surface area contributed by atoms with Crippen LogP contribution in [0.1, 0.15) is 10.4 Å². The Hall–Kier alpha value is -2.38. The molecule has 17 heavy (non-hydrogen) atoms. The number of hydrogen-bond acceptors (Lipinski definition) is 5. The first kappa shape index (κ1) is 12.7. The lowest BCUT2D eigenvalue weighted by atomic mass is 10.1.